The molecule has 1 fully saturated rings. The van der Waals surface area contributed by atoms with E-state index in [1.165, 1.54) is 11.3 Å². The number of ether oxygens (including phenoxy) is 1. The molecule has 166 valence electrons. The number of benzene rings is 1. The summed E-state index contributed by atoms with van der Waals surface area (Å²) in [4.78, 5) is 28.6. The van der Waals surface area contributed by atoms with Crippen molar-refractivity contribution < 1.29 is 13.7 Å². The lowest BCUT2D eigenvalue weighted by atomic mass is 10.1. The van der Waals surface area contributed by atoms with Crippen LogP contribution in [0.15, 0.2) is 47.1 Å². The number of hydrogen-bond donors (Lipinski definition) is 0. The Bertz CT molecular complexity index is 1410. The molecule has 0 aliphatic carbocycles. The molecule has 33 heavy (non-hydrogen) atoms. The SMILES string of the molecule is CS(=O)c1cn(-c2ncc(-c3nc(C#N)cs3)cn2)c2cc(C(=O)N3CCOCC3)ccc12. The van der Waals surface area contributed by atoms with Gasteiger partial charge in [-0.3, -0.25) is 13.6 Å². The number of nitriles is 1. The van der Waals surface area contributed by atoms with E-state index in [9.17, 15) is 9.00 Å². The van der Waals surface area contributed by atoms with Crippen LogP contribution in [0, 0.1) is 11.3 Å². The number of thiazole rings is 1. The third-order valence-corrected chi connectivity index (χ3v) is 7.18. The Morgan fingerprint density at radius 2 is 2.00 bits per heavy atom. The van der Waals surface area contributed by atoms with Crippen molar-refractivity contribution in [3.63, 3.8) is 0 Å². The lowest BCUT2D eigenvalue weighted by Gasteiger charge is -2.26. The summed E-state index contributed by atoms with van der Waals surface area (Å²) in [6, 6.07) is 7.39. The molecule has 1 unspecified atom stereocenters. The van der Waals surface area contributed by atoms with E-state index in [1.54, 1.807) is 51.8 Å². The molecule has 11 heteroatoms. The predicted molar refractivity (Wildman–Crippen MR) is 124 cm³/mol. The molecule has 1 saturated heterocycles. The molecule has 4 heterocycles. The average Bonchev–Trinajstić information content (AvgIpc) is 3.49. The van der Waals surface area contributed by atoms with Gasteiger partial charge in [-0.05, 0) is 12.1 Å². The van der Waals surface area contributed by atoms with Gasteiger partial charge in [-0.1, -0.05) is 6.07 Å². The lowest BCUT2D eigenvalue weighted by Crippen LogP contribution is -2.40. The van der Waals surface area contributed by atoms with Gasteiger partial charge in [-0.25, -0.2) is 15.0 Å². The quantitative estimate of drug-likeness (QED) is 0.443. The second-order valence-electron chi connectivity index (χ2n) is 7.38. The van der Waals surface area contributed by atoms with Crippen LogP contribution in [0.1, 0.15) is 16.1 Å². The number of hydrogen-bond acceptors (Lipinski definition) is 8. The van der Waals surface area contributed by atoms with Crippen LogP contribution in [0.5, 0.6) is 0 Å². The fourth-order valence-electron chi connectivity index (χ4n) is 3.69. The van der Waals surface area contributed by atoms with Crippen molar-refractivity contribution in [2.75, 3.05) is 32.6 Å². The molecule has 0 bridgehead atoms. The van der Waals surface area contributed by atoms with E-state index >= 15 is 0 Å². The Hall–Kier alpha value is -3.46. The van der Waals surface area contributed by atoms with E-state index in [4.69, 9.17) is 10.00 Å². The van der Waals surface area contributed by atoms with Crippen LogP contribution in [0.25, 0.3) is 27.4 Å². The fraction of sp³-hybridized carbons (Fsp3) is 0.227. The van der Waals surface area contributed by atoms with Gasteiger partial charge in [0.05, 0.1) is 34.4 Å². The summed E-state index contributed by atoms with van der Waals surface area (Å²) in [6.07, 6.45) is 6.64. The van der Waals surface area contributed by atoms with Gasteiger partial charge in [-0.15, -0.1) is 11.3 Å². The van der Waals surface area contributed by atoms with Crippen molar-refractivity contribution in [3.05, 3.63) is 53.4 Å². The Morgan fingerprint density at radius 1 is 1.24 bits per heavy atom. The largest absolute Gasteiger partial charge is 0.378 e. The van der Waals surface area contributed by atoms with Gasteiger partial charge in [0.1, 0.15) is 11.1 Å². The molecule has 3 aromatic heterocycles. The smallest absolute Gasteiger partial charge is 0.254 e. The standard InChI is InChI=1S/C22H18N6O3S2/c1-33(30)19-12-28(22-24-10-15(11-25-22)20-26-16(9-23)13-32-20)18-8-14(2-3-17(18)19)21(29)27-4-6-31-7-5-27/h2-3,8,10-13H,4-7H2,1H3. The van der Waals surface area contributed by atoms with Crippen molar-refractivity contribution in [3.8, 4) is 22.6 Å². The Kier molecular flexibility index (Phi) is 5.72. The molecule has 0 spiro atoms. The van der Waals surface area contributed by atoms with E-state index in [-0.39, 0.29) is 5.91 Å². The fourth-order valence-corrected chi connectivity index (χ4v) is 5.14. The number of amides is 1. The van der Waals surface area contributed by atoms with E-state index in [0.29, 0.717) is 64.5 Å². The molecule has 1 amide bonds. The zero-order valence-electron chi connectivity index (χ0n) is 17.6. The summed E-state index contributed by atoms with van der Waals surface area (Å²) in [5, 5.41) is 12.1. The maximum absolute atomic E-state index is 13.0. The Balaban J connectivity index is 1.55. The highest BCUT2D eigenvalue weighted by molar-refractivity contribution is 7.84. The monoisotopic (exact) mass is 478 g/mol. The zero-order valence-corrected chi connectivity index (χ0v) is 19.2. The molecular formula is C22H18N6O3S2. The zero-order chi connectivity index (χ0) is 22.9. The molecule has 9 nitrogen and oxygen atoms in total. The van der Waals surface area contributed by atoms with Crippen LogP contribution in [-0.4, -0.2) is 67.1 Å². The highest BCUT2D eigenvalue weighted by Crippen LogP contribution is 2.28. The molecule has 5 rings (SSSR count). The number of fused-ring (bicyclic) bond motifs is 1. The highest BCUT2D eigenvalue weighted by atomic mass is 32.2. The highest BCUT2D eigenvalue weighted by Gasteiger charge is 2.21. The average molecular weight is 479 g/mol. The van der Waals surface area contributed by atoms with Crippen LogP contribution < -0.4 is 0 Å². The first-order valence-corrected chi connectivity index (χ1v) is 12.5. The van der Waals surface area contributed by atoms with Gasteiger partial charge in [0.25, 0.3) is 5.91 Å². The van der Waals surface area contributed by atoms with Crippen molar-refractivity contribution in [1.82, 2.24) is 24.4 Å². The van der Waals surface area contributed by atoms with Crippen molar-refractivity contribution in [2.45, 2.75) is 4.90 Å². The molecule has 4 aromatic rings. The second-order valence-corrected chi connectivity index (χ2v) is 9.58. The van der Waals surface area contributed by atoms with Crippen molar-refractivity contribution in [2.24, 2.45) is 0 Å². The van der Waals surface area contributed by atoms with E-state index < -0.39 is 10.8 Å². The number of rotatable bonds is 4. The van der Waals surface area contributed by atoms with Crippen LogP contribution in [0.2, 0.25) is 0 Å². The molecule has 0 N–H and O–H groups in total. The topological polar surface area (TPSA) is 114 Å². The van der Waals surface area contributed by atoms with Crippen LogP contribution in [0.4, 0.5) is 0 Å². The number of carbonyl (C=O) groups is 1. The second kappa shape index (κ2) is 8.82. The molecular weight excluding hydrogens is 460 g/mol. The number of aromatic nitrogens is 4. The maximum Gasteiger partial charge on any atom is 0.254 e. The minimum absolute atomic E-state index is 0.0690. The van der Waals surface area contributed by atoms with Gasteiger partial charge >= 0.3 is 0 Å². The molecule has 1 aliphatic rings. The van der Waals surface area contributed by atoms with Crippen LogP contribution in [-0.2, 0) is 15.5 Å². The molecule has 1 atom stereocenters. The minimum atomic E-state index is -1.24. The molecule has 1 aromatic carbocycles. The maximum atomic E-state index is 13.0. The summed E-state index contributed by atoms with van der Waals surface area (Å²) in [7, 11) is -1.24. The number of morpholine rings is 1. The lowest BCUT2D eigenvalue weighted by molar-refractivity contribution is 0.0303. The van der Waals surface area contributed by atoms with Crippen LogP contribution >= 0.6 is 11.3 Å². The summed E-state index contributed by atoms with van der Waals surface area (Å²) in [5.74, 6) is 0.314. The minimum Gasteiger partial charge on any atom is -0.378 e. The van der Waals surface area contributed by atoms with E-state index in [0.717, 1.165) is 5.39 Å². The predicted octanol–water partition coefficient (Wildman–Crippen LogP) is 2.63. The first-order chi connectivity index (χ1) is 16.0. The molecule has 0 saturated carbocycles. The molecule has 0 radical (unpaired) electrons. The first-order valence-electron chi connectivity index (χ1n) is 10.1. The summed E-state index contributed by atoms with van der Waals surface area (Å²) in [5.41, 5.74) is 2.29. The summed E-state index contributed by atoms with van der Waals surface area (Å²) < 4.78 is 19.5. The normalized spacial score (nSPS) is 14.8. The molecule has 1 aliphatic heterocycles. The Labute approximate surface area is 195 Å². The van der Waals surface area contributed by atoms with Crippen molar-refractivity contribution >= 4 is 38.9 Å². The number of nitrogens with zero attached hydrogens (tertiary/aromatic N) is 6. The number of carbonyl (C=O) groups excluding carboxylic acids is 1. The van der Waals surface area contributed by atoms with Gasteiger partial charge < -0.3 is 9.64 Å². The van der Waals surface area contributed by atoms with Gasteiger partial charge in [-0.2, -0.15) is 5.26 Å². The van der Waals surface area contributed by atoms with Crippen LogP contribution in [0.3, 0.4) is 0 Å². The van der Waals surface area contributed by atoms with Gasteiger partial charge in [0, 0.05) is 59.8 Å². The van der Waals surface area contributed by atoms with E-state index in [1.807, 2.05) is 12.1 Å². The first kappa shape index (κ1) is 21.4. The summed E-state index contributed by atoms with van der Waals surface area (Å²) in [6.45, 7) is 2.16. The summed E-state index contributed by atoms with van der Waals surface area (Å²) >= 11 is 1.35. The Morgan fingerprint density at radius 3 is 2.67 bits per heavy atom. The van der Waals surface area contributed by atoms with Crippen molar-refractivity contribution in [1.29, 1.82) is 5.26 Å². The van der Waals surface area contributed by atoms with Gasteiger partial charge in [0.15, 0.2) is 5.69 Å². The third kappa shape index (κ3) is 4.04. The van der Waals surface area contributed by atoms with Gasteiger partial charge in [0.2, 0.25) is 5.95 Å². The third-order valence-electron chi connectivity index (χ3n) is 5.34. The van der Waals surface area contributed by atoms with E-state index in [2.05, 4.69) is 15.0 Å².